The van der Waals surface area contributed by atoms with Gasteiger partial charge in [-0.2, -0.15) is 0 Å². The van der Waals surface area contributed by atoms with Crippen molar-refractivity contribution in [1.82, 2.24) is 9.97 Å². The van der Waals surface area contributed by atoms with Gasteiger partial charge in [0.25, 0.3) is 0 Å². The number of carboxylic acid groups (broad SMARTS) is 1. The number of aromatic nitrogens is 2. The van der Waals surface area contributed by atoms with Crippen LogP contribution in [0.1, 0.15) is 43.4 Å². The van der Waals surface area contributed by atoms with Gasteiger partial charge in [-0.3, -0.25) is 4.79 Å². The Hall–Kier alpha value is -1.32. The second kappa shape index (κ2) is 4.26. The van der Waals surface area contributed by atoms with Crippen molar-refractivity contribution < 1.29 is 9.90 Å². The third-order valence-corrected chi connectivity index (χ3v) is 2.27. The largest absolute Gasteiger partial charge is 0.481 e. The summed E-state index contributed by atoms with van der Waals surface area (Å²) in [5.74, 6) is -0.848. The predicted molar refractivity (Wildman–Crippen MR) is 53.4 cm³/mol. The second-order valence-electron chi connectivity index (χ2n) is 3.50. The number of H-pyrrole nitrogens is 1. The van der Waals surface area contributed by atoms with Gasteiger partial charge < -0.3 is 10.1 Å². The summed E-state index contributed by atoms with van der Waals surface area (Å²) < 4.78 is 0. The van der Waals surface area contributed by atoms with Gasteiger partial charge in [0, 0.05) is 5.69 Å². The van der Waals surface area contributed by atoms with Crippen LogP contribution in [-0.2, 0) is 11.2 Å². The van der Waals surface area contributed by atoms with Crippen LogP contribution in [0.3, 0.4) is 0 Å². The molecule has 0 radical (unpaired) electrons. The summed E-state index contributed by atoms with van der Waals surface area (Å²) in [5, 5.41) is 8.81. The number of aryl methyl sites for hydroxylation is 2. The Morgan fingerprint density at radius 2 is 2.29 bits per heavy atom. The fourth-order valence-electron chi connectivity index (χ4n) is 1.32. The summed E-state index contributed by atoms with van der Waals surface area (Å²) >= 11 is 0. The highest BCUT2D eigenvalue weighted by Crippen LogP contribution is 2.15. The number of carboxylic acids is 1. The highest BCUT2D eigenvalue weighted by molar-refractivity contribution is 5.74. The van der Waals surface area contributed by atoms with E-state index in [1.807, 2.05) is 6.92 Å². The summed E-state index contributed by atoms with van der Waals surface area (Å²) in [4.78, 5) is 18.0. The van der Waals surface area contributed by atoms with Gasteiger partial charge in [-0.05, 0) is 20.3 Å². The first-order valence-electron chi connectivity index (χ1n) is 4.84. The van der Waals surface area contributed by atoms with Crippen LogP contribution >= 0.6 is 0 Å². The normalized spacial score (nSPS) is 12.8. The molecule has 1 unspecified atom stereocenters. The maximum absolute atomic E-state index is 10.7. The van der Waals surface area contributed by atoms with Crippen LogP contribution in [-0.4, -0.2) is 21.0 Å². The van der Waals surface area contributed by atoms with Crippen molar-refractivity contribution in [2.45, 2.75) is 39.5 Å². The van der Waals surface area contributed by atoms with Crippen LogP contribution in [0.2, 0.25) is 0 Å². The van der Waals surface area contributed by atoms with Crippen LogP contribution in [0.15, 0.2) is 0 Å². The van der Waals surface area contributed by atoms with Gasteiger partial charge in [-0.15, -0.1) is 0 Å². The SMILES string of the molecule is CCCc1nc(C(C)C(=O)O)[nH]c1C. The lowest BCUT2D eigenvalue weighted by Gasteiger charge is -1.99. The number of hydrogen-bond donors (Lipinski definition) is 2. The fraction of sp³-hybridized carbons (Fsp3) is 0.600. The number of imidazole rings is 1. The first kappa shape index (κ1) is 10.8. The van der Waals surface area contributed by atoms with Crippen LogP contribution in [0.5, 0.6) is 0 Å². The molecule has 0 aliphatic rings. The molecule has 0 aliphatic carbocycles. The number of hydrogen-bond acceptors (Lipinski definition) is 2. The maximum atomic E-state index is 10.7. The van der Waals surface area contributed by atoms with E-state index in [1.54, 1.807) is 6.92 Å². The smallest absolute Gasteiger partial charge is 0.313 e. The third-order valence-electron chi connectivity index (χ3n) is 2.27. The van der Waals surface area contributed by atoms with Crippen LogP contribution in [0.25, 0.3) is 0 Å². The molecule has 0 saturated carbocycles. The van der Waals surface area contributed by atoms with Gasteiger partial charge >= 0.3 is 5.97 Å². The minimum atomic E-state index is -0.846. The average Bonchev–Trinajstić information content (AvgIpc) is 2.47. The standard InChI is InChI=1S/C10H16N2O2/c1-4-5-8-7(3)11-9(12-8)6(2)10(13)14/h6H,4-5H2,1-3H3,(H,11,12)(H,13,14). The number of rotatable bonds is 4. The second-order valence-corrected chi connectivity index (χ2v) is 3.50. The number of carbonyl (C=O) groups is 1. The van der Waals surface area contributed by atoms with E-state index in [9.17, 15) is 4.79 Å². The zero-order chi connectivity index (χ0) is 10.7. The predicted octanol–water partition coefficient (Wildman–Crippen LogP) is 1.86. The van der Waals surface area contributed by atoms with Crippen LogP contribution in [0.4, 0.5) is 0 Å². The first-order chi connectivity index (χ1) is 6.56. The topological polar surface area (TPSA) is 66.0 Å². The molecular formula is C10H16N2O2. The minimum absolute atomic E-state index is 0.554. The molecule has 4 nitrogen and oxygen atoms in total. The third kappa shape index (κ3) is 2.13. The molecule has 0 aliphatic heterocycles. The number of nitrogens with one attached hydrogen (secondary N) is 1. The van der Waals surface area contributed by atoms with E-state index in [0.717, 1.165) is 24.2 Å². The molecule has 1 aromatic rings. The molecule has 0 fully saturated rings. The summed E-state index contributed by atoms with van der Waals surface area (Å²) in [6.45, 7) is 5.64. The van der Waals surface area contributed by atoms with E-state index in [2.05, 4.69) is 16.9 Å². The molecular weight excluding hydrogens is 180 g/mol. The zero-order valence-electron chi connectivity index (χ0n) is 8.79. The lowest BCUT2D eigenvalue weighted by atomic mass is 10.2. The Bertz CT molecular complexity index is 331. The van der Waals surface area contributed by atoms with E-state index < -0.39 is 11.9 Å². The van der Waals surface area contributed by atoms with Crippen LogP contribution < -0.4 is 0 Å². The number of aliphatic carboxylic acids is 1. The molecule has 0 bridgehead atoms. The molecule has 1 rings (SSSR count). The monoisotopic (exact) mass is 196 g/mol. The first-order valence-corrected chi connectivity index (χ1v) is 4.84. The van der Waals surface area contributed by atoms with E-state index in [-0.39, 0.29) is 0 Å². The van der Waals surface area contributed by atoms with Crippen molar-refractivity contribution in [2.75, 3.05) is 0 Å². The number of nitrogens with zero attached hydrogens (tertiary/aromatic N) is 1. The summed E-state index contributed by atoms with van der Waals surface area (Å²) in [6, 6.07) is 0. The van der Waals surface area contributed by atoms with E-state index in [1.165, 1.54) is 0 Å². The van der Waals surface area contributed by atoms with Gasteiger partial charge in [-0.1, -0.05) is 13.3 Å². The van der Waals surface area contributed by atoms with Crippen molar-refractivity contribution in [2.24, 2.45) is 0 Å². The highest BCUT2D eigenvalue weighted by atomic mass is 16.4. The van der Waals surface area contributed by atoms with Crippen LogP contribution in [0, 0.1) is 6.92 Å². The van der Waals surface area contributed by atoms with Gasteiger partial charge in [0.2, 0.25) is 0 Å². The maximum Gasteiger partial charge on any atom is 0.313 e. The Balaban J connectivity index is 2.90. The molecule has 14 heavy (non-hydrogen) atoms. The lowest BCUT2D eigenvalue weighted by molar-refractivity contribution is -0.138. The zero-order valence-corrected chi connectivity index (χ0v) is 8.79. The lowest BCUT2D eigenvalue weighted by Crippen LogP contribution is -2.09. The Labute approximate surface area is 83.4 Å². The molecule has 78 valence electrons. The Morgan fingerprint density at radius 3 is 2.79 bits per heavy atom. The summed E-state index contributed by atoms with van der Waals surface area (Å²) in [6.07, 6.45) is 1.92. The molecule has 1 heterocycles. The van der Waals surface area contributed by atoms with Crippen molar-refractivity contribution in [3.05, 3.63) is 17.2 Å². The molecule has 0 amide bonds. The molecule has 0 aromatic carbocycles. The minimum Gasteiger partial charge on any atom is -0.481 e. The van der Waals surface area contributed by atoms with Crippen molar-refractivity contribution >= 4 is 5.97 Å². The average molecular weight is 196 g/mol. The molecule has 1 atom stereocenters. The van der Waals surface area contributed by atoms with E-state index in [4.69, 9.17) is 5.11 Å². The van der Waals surface area contributed by atoms with E-state index in [0.29, 0.717) is 5.82 Å². The highest BCUT2D eigenvalue weighted by Gasteiger charge is 2.18. The molecule has 0 saturated heterocycles. The quantitative estimate of drug-likeness (QED) is 0.772. The Morgan fingerprint density at radius 1 is 1.64 bits per heavy atom. The van der Waals surface area contributed by atoms with Gasteiger partial charge in [0.15, 0.2) is 0 Å². The van der Waals surface area contributed by atoms with Crippen molar-refractivity contribution in [3.8, 4) is 0 Å². The molecule has 1 aromatic heterocycles. The molecule has 4 heteroatoms. The summed E-state index contributed by atoms with van der Waals surface area (Å²) in [5.41, 5.74) is 1.96. The summed E-state index contributed by atoms with van der Waals surface area (Å²) in [7, 11) is 0. The van der Waals surface area contributed by atoms with E-state index >= 15 is 0 Å². The fourth-order valence-corrected chi connectivity index (χ4v) is 1.32. The molecule has 2 N–H and O–H groups in total. The molecule has 0 spiro atoms. The number of aromatic amines is 1. The van der Waals surface area contributed by atoms with Gasteiger partial charge in [0.05, 0.1) is 5.69 Å². The van der Waals surface area contributed by atoms with Crippen molar-refractivity contribution in [1.29, 1.82) is 0 Å². The van der Waals surface area contributed by atoms with Crippen molar-refractivity contribution in [3.63, 3.8) is 0 Å². The Kier molecular flexibility index (Phi) is 3.28. The van der Waals surface area contributed by atoms with Gasteiger partial charge in [0.1, 0.15) is 11.7 Å². The van der Waals surface area contributed by atoms with Gasteiger partial charge in [-0.25, -0.2) is 4.98 Å².